The summed E-state index contributed by atoms with van der Waals surface area (Å²) in [7, 11) is 0. The highest BCUT2D eigenvalue weighted by Crippen LogP contribution is 2.28. The fourth-order valence-corrected chi connectivity index (χ4v) is 1.77. The van der Waals surface area contributed by atoms with Crippen molar-refractivity contribution in [2.75, 3.05) is 5.32 Å². The summed E-state index contributed by atoms with van der Waals surface area (Å²) in [5, 5.41) is 22.6. The van der Waals surface area contributed by atoms with Gasteiger partial charge in [-0.1, -0.05) is 6.07 Å². The first-order valence-electron chi connectivity index (χ1n) is 5.93. The Labute approximate surface area is 119 Å². The number of hydrogen-bond donors (Lipinski definition) is 2. The number of nitro groups is 1. The lowest BCUT2D eigenvalue weighted by Crippen LogP contribution is -2.13. The van der Waals surface area contributed by atoms with Gasteiger partial charge < -0.3 is 10.4 Å². The first-order chi connectivity index (χ1) is 9.88. The quantitative estimate of drug-likeness (QED) is 0.516. The minimum Gasteiger partial charge on any atom is -0.506 e. The van der Waals surface area contributed by atoms with E-state index >= 15 is 0 Å². The third kappa shape index (κ3) is 3.14. The molecular weight excluding hydrogens is 279 g/mol. The van der Waals surface area contributed by atoms with Crippen molar-refractivity contribution in [1.82, 2.24) is 0 Å². The topological polar surface area (TPSA) is 92.5 Å². The van der Waals surface area contributed by atoms with Crippen molar-refractivity contribution in [1.29, 1.82) is 0 Å². The number of hydrogen-bond acceptors (Lipinski definition) is 4. The number of phenolic OH excluding ortho intramolecular Hbond substituents is 1. The highest BCUT2D eigenvalue weighted by Gasteiger charge is 2.15. The van der Waals surface area contributed by atoms with Crippen LogP contribution in [0.5, 0.6) is 5.75 Å². The molecule has 0 bridgehead atoms. The molecule has 7 heteroatoms. The molecule has 0 atom stereocenters. The largest absolute Gasteiger partial charge is 0.506 e. The normalized spacial score (nSPS) is 10.2. The fourth-order valence-electron chi connectivity index (χ4n) is 1.77. The summed E-state index contributed by atoms with van der Waals surface area (Å²) < 4.78 is 13.2. The second kappa shape index (κ2) is 5.58. The maximum Gasteiger partial charge on any atom is 0.273 e. The van der Waals surface area contributed by atoms with Gasteiger partial charge in [-0.15, -0.1) is 0 Å². The average Bonchev–Trinajstić information content (AvgIpc) is 2.43. The highest BCUT2D eigenvalue weighted by molar-refractivity contribution is 6.06. The van der Waals surface area contributed by atoms with Crippen LogP contribution in [0.3, 0.4) is 0 Å². The lowest BCUT2D eigenvalue weighted by molar-refractivity contribution is -0.384. The second-order valence-corrected chi connectivity index (χ2v) is 4.37. The van der Waals surface area contributed by atoms with E-state index < -0.39 is 22.4 Å². The van der Waals surface area contributed by atoms with Crippen LogP contribution in [0.15, 0.2) is 36.4 Å². The summed E-state index contributed by atoms with van der Waals surface area (Å²) in [6.07, 6.45) is 0. The van der Waals surface area contributed by atoms with Crippen LogP contribution in [-0.2, 0) is 0 Å². The van der Waals surface area contributed by atoms with Gasteiger partial charge >= 0.3 is 0 Å². The Morgan fingerprint density at radius 3 is 2.62 bits per heavy atom. The molecule has 0 spiro atoms. The van der Waals surface area contributed by atoms with Crippen LogP contribution >= 0.6 is 0 Å². The van der Waals surface area contributed by atoms with E-state index in [1.165, 1.54) is 18.2 Å². The summed E-state index contributed by atoms with van der Waals surface area (Å²) >= 11 is 0. The van der Waals surface area contributed by atoms with Gasteiger partial charge in [-0.25, -0.2) is 4.39 Å². The number of non-ortho nitro benzene ring substituents is 1. The molecule has 2 N–H and O–H groups in total. The molecule has 0 heterocycles. The molecule has 108 valence electrons. The molecule has 0 aromatic heterocycles. The molecule has 0 aliphatic heterocycles. The van der Waals surface area contributed by atoms with Crippen molar-refractivity contribution >= 4 is 17.3 Å². The number of halogens is 1. The number of phenols is 1. The van der Waals surface area contributed by atoms with Gasteiger partial charge in [0.1, 0.15) is 11.6 Å². The van der Waals surface area contributed by atoms with Crippen molar-refractivity contribution < 1.29 is 19.2 Å². The van der Waals surface area contributed by atoms with Gasteiger partial charge in [0, 0.05) is 11.6 Å². The van der Waals surface area contributed by atoms with Crippen molar-refractivity contribution in [3.05, 3.63) is 63.5 Å². The number of nitrogens with zero attached hydrogens (tertiary/aromatic N) is 1. The summed E-state index contributed by atoms with van der Waals surface area (Å²) in [5.41, 5.74) is 0.393. The van der Waals surface area contributed by atoms with Crippen LogP contribution in [0.2, 0.25) is 0 Å². The molecule has 2 aromatic rings. The van der Waals surface area contributed by atoms with E-state index in [0.717, 1.165) is 18.2 Å². The zero-order chi connectivity index (χ0) is 15.6. The van der Waals surface area contributed by atoms with Crippen LogP contribution < -0.4 is 5.32 Å². The third-order valence-electron chi connectivity index (χ3n) is 2.88. The maximum absolute atomic E-state index is 13.2. The van der Waals surface area contributed by atoms with Crippen molar-refractivity contribution in [2.24, 2.45) is 0 Å². The molecule has 2 rings (SSSR count). The van der Waals surface area contributed by atoms with Crippen molar-refractivity contribution in [3.8, 4) is 5.75 Å². The molecule has 0 unspecified atom stereocenters. The van der Waals surface area contributed by atoms with Gasteiger partial charge in [-0.3, -0.25) is 14.9 Å². The predicted octanol–water partition coefficient (Wildman–Crippen LogP) is 3.00. The Morgan fingerprint density at radius 1 is 1.29 bits per heavy atom. The number of anilines is 1. The van der Waals surface area contributed by atoms with Crippen molar-refractivity contribution in [3.63, 3.8) is 0 Å². The maximum atomic E-state index is 13.2. The van der Waals surface area contributed by atoms with Gasteiger partial charge in [-0.2, -0.15) is 0 Å². The average molecular weight is 290 g/mol. The number of carbonyl (C=O) groups excluding carboxylic acids is 1. The van der Waals surface area contributed by atoms with E-state index in [1.54, 1.807) is 6.92 Å². The highest BCUT2D eigenvalue weighted by atomic mass is 19.1. The van der Waals surface area contributed by atoms with Gasteiger partial charge in [0.05, 0.1) is 16.7 Å². The van der Waals surface area contributed by atoms with Crippen LogP contribution in [-0.4, -0.2) is 15.9 Å². The van der Waals surface area contributed by atoms with E-state index in [-0.39, 0.29) is 16.9 Å². The van der Waals surface area contributed by atoms with Gasteiger partial charge in [0.2, 0.25) is 0 Å². The van der Waals surface area contributed by atoms with Gasteiger partial charge in [0.25, 0.3) is 11.6 Å². The predicted molar refractivity (Wildman–Crippen MR) is 73.9 cm³/mol. The number of nitro benzene ring substituents is 1. The molecule has 0 saturated carbocycles. The minimum atomic E-state index is -0.665. The van der Waals surface area contributed by atoms with E-state index in [4.69, 9.17) is 0 Å². The van der Waals surface area contributed by atoms with E-state index in [2.05, 4.69) is 5.32 Å². The Bertz CT molecular complexity index is 731. The summed E-state index contributed by atoms with van der Waals surface area (Å²) in [6.45, 7) is 1.64. The van der Waals surface area contributed by atoms with Crippen LogP contribution in [0.4, 0.5) is 15.8 Å². The number of carbonyl (C=O) groups is 1. The summed E-state index contributed by atoms with van der Waals surface area (Å²) in [6, 6.07) is 7.05. The Kier molecular flexibility index (Phi) is 3.84. The van der Waals surface area contributed by atoms with Crippen LogP contribution in [0.1, 0.15) is 15.9 Å². The minimum absolute atomic E-state index is 0.00858. The molecular formula is C14H11FN2O4. The zero-order valence-electron chi connectivity index (χ0n) is 11.0. The molecule has 0 aliphatic rings. The third-order valence-corrected chi connectivity index (χ3v) is 2.88. The number of benzene rings is 2. The standard InChI is InChI=1S/C14H11FN2O4/c1-8-2-3-9(15)6-11(8)14(19)16-12-5-4-10(17(20)21)7-13(12)18/h2-7,18H,1H3,(H,16,19). The molecule has 2 aromatic carbocycles. The number of aryl methyl sites for hydroxylation is 1. The monoisotopic (exact) mass is 290 g/mol. The number of rotatable bonds is 3. The number of nitrogens with one attached hydrogen (secondary N) is 1. The molecule has 0 saturated heterocycles. The van der Waals surface area contributed by atoms with Crippen molar-refractivity contribution in [2.45, 2.75) is 6.92 Å². The van der Waals surface area contributed by atoms with Crippen LogP contribution in [0, 0.1) is 22.9 Å². The zero-order valence-corrected chi connectivity index (χ0v) is 11.0. The summed E-state index contributed by atoms with van der Waals surface area (Å²) in [5.74, 6) is -1.61. The lowest BCUT2D eigenvalue weighted by Gasteiger charge is -2.09. The Hall–Kier alpha value is -2.96. The molecule has 0 fully saturated rings. The van der Waals surface area contributed by atoms with Gasteiger partial charge in [0.15, 0.2) is 0 Å². The number of aromatic hydroxyl groups is 1. The molecule has 21 heavy (non-hydrogen) atoms. The fraction of sp³-hybridized carbons (Fsp3) is 0.0714. The molecule has 0 aliphatic carbocycles. The SMILES string of the molecule is Cc1ccc(F)cc1C(=O)Nc1ccc([N+](=O)[O-])cc1O. The first kappa shape index (κ1) is 14.4. The molecule has 6 nitrogen and oxygen atoms in total. The Balaban J connectivity index is 2.27. The smallest absolute Gasteiger partial charge is 0.273 e. The summed E-state index contributed by atoms with van der Waals surface area (Å²) in [4.78, 5) is 21.9. The van der Waals surface area contributed by atoms with E-state index in [9.17, 15) is 24.4 Å². The van der Waals surface area contributed by atoms with E-state index in [0.29, 0.717) is 5.56 Å². The molecule has 1 amide bonds. The lowest BCUT2D eigenvalue weighted by atomic mass is 10.1. The van der Waals surface area contributed by atoms with Crippen LogP contribution in [0.25, 0.3) is 0 Å². The number of amides is 1. The Morgan fingerprint density at radius 2 is 2.00 bits per heavy atom. The van der Waals surface area contributed by atoms with Gasteiger partial charge in [-0.05, 0) is 30.7 Å². The first-order valence-corrected chi connectivity index (χ1v) is 5.93. The molecule has 0 radical (unpaired) electrons. The van der Waals surface area contributed by atoms with E-state index in [1.807, 2.05) is 0 Å². The second-order valence-electron chi connectivity index (χ2n) is 4.37.